The van der Waals surface area contributed by atoms with Gasteiger partial charge in [-0.3, -0.25) is 4.98 Å². The van der Waals surface area contributed by atoms with Crippen LogP contribution in [0.1, 0.15) is 22.8 Å². The Kier molecular flexibility index (Phi) is 3.37. The Morgan fingerprint density at radius 2 is 2.42 bits per heavy atom. The van der Waals surface area contributed by atoms with E-state index in [0.717, 1.165) is 5.69 Å². The van der Waals surface area contributed by atoms with E-state index in [-0.39, 0.29) is 0 Å². The van der Waals surface area contributed by atoms with Gasteiger partial charge >= 0.3 is 0 Å². The van der Waals surface area contributed by atoms with Crippen LogP contribution in [-0.4, -0.2) is 17.6 Å². The van der Waals surface area contributed by atoms with Crippen LogP contribution in [-0.2, 0) is 0 Å². The number of thiophene rings is 1. The minimum Gasteiger partial charge on any atom is -0.303 e. The number of aryl methyl sites for hydroxylation is 1. The monoisotopic (exact) mass is 268 g/mol. The maximum atomic E-state index is 5.28. The SMILES string of the molecule is C#CCNC1CC1c1cc(-c2ccccn2)sc1C. The van der Waals surface area contributed by atoms with Gasteiger partial charge in [-0.05, 0) is 37.1 Å². The molecule has 0 spiro atoms. The van der Waals surface area contributed by atoms with Crippen molar-refractivity contribution in [3.63, 3.8) is 0 Å². The maximum absolute atomic E-state index is 5.28. The fraction of sp³-hybridized carbons (Fsp3) is 0.312. The molecule has 2 aromatic rings. The van der Waals surface area contributed by atoms with E-state index in [9.17, 15) is 0 Å². The highest BCUT2D eigenvalue weighted by atomic mass is 32.1. The first-order chi connectivity index (χ1) is 9.29. The van der Waals surface area contributed by atoms with Gasteiger partial charge in [0.25, 0.3) is 0 Å². The fourth-order valence-corrected chi connectivity index (χ4v) is 3.52. The largest absolute Gasteiger partial charge is 0.303 e. The van der Waals surface area contributed by atoms with Crippen molar-refractivity contribution in [3.8, 4) is 22.9 Å². The fourth-order valence-electron chi connectivity index (χ4n) is 2.45. The zero-order valence-electron chi connectivity index (χ0n) is 10.9. The number of hydrogen-bond donors (Lipinski definition) is 1. The second-order valence-electron chi connectivity index (χ2n) is 4.87. The standard InChI is InChI=1S/C16H16N2S/c1-3-7-17-15-9-13(15)12-10-16(19-11(12)2)14-6-4-5-8-18-14/h1,4-6,8,10,13,15,17H,7,9H2,2H3. The smallest absolute Gasteiger partial charge is 0.0801 e. The van der Waals surface area contributed by atoms with E-state index in [1.807, 2.05) is 29.7 Å². The molecule has 3 rings (SSSR count). The summed E-state index contributed by atoms with van der Waals surface area (Å²) >= 11 is 1.83. The van der Waals surface area contributed by atoms with E-state index < -0.39 is 0 Å². The van der Waals surface area contributed by atoms with Crippen molar-refractivity contribution < 1.29 is 0 Å². The topological polar surface area (TPSA) is 24.9 Å². The lowest BCUT2D eigenvalue weighted by atomic mass is 10.1. The lowest BCUT2D eigenvalue weighted by Gasteiger charge is -1.99. The van der Waals surface area contributed by atoms with Crippen molar-refractivity contribution in [2.24, 2.45) is 0 Å². The van der Waals surface area contributed by atoms with Gasteiger partial charge in [-0.2, -0.15) is 0 Å². The number of nitrogens with zero attached hydrogens (tertiary/aromatic N) is 1. The minimum absolute atomic E-state index is 0.556. The van der Waals surface area contributed by atoms with Crippen molar-refractivity contribution in [1.82, 2.24) is 10.3 Å². The highest BCUT2D eigenvalue weighted by molar-refractivity contribution is 7.15. The molecule has 0 aromatic carbocycles. The summed E-state index contributed by atoms with van der Waals surface area (Å²) in [5, 5.41) is 3.38. The van der Waals surface area contributed by atoms with Gasteiger partial charge in [-0.1, -0.05) is 12.0 Å². The maximum Gasteiger partial charge on any atom is 0.0801 e. The molecule has 0 radical (unpaired) electrons. The Labute approximate surface area is 117 Å². The normalized spacial score (nSPS) is 21.1. The van der Waals surface area contributed by atoms with E-state index in [1.54, 1.807) is 0 Å². The van der Waals surface area contributed by atoms with Gasteiger partial charge in [-0.25, -0.2) is 0 Å². The minimum atomic E-state index is 0.556. The number of terminal acetylenes is 1. The molecule has 2 heterocycles. The zero-order valence-corrected chi connectivity index (χ0v) is 11.7. The van der Waals surface area contributed by atoms with Crippen LogP contribution in [0.25, 0.3) is 10.6 Å². The first-order valence-corrected chi connectivity index (χ1v) is 7.30. The Morgan fingerprint density at radius 1 is 1.53 bits per heavy atom. The van der Waals surface area contributed by atoms with Gasteiger partial charge < -0.3 is 5.32 Å². The van der Waals surface area contributed by atoms with Gasteiger partial charge in [0, 0.05) is 23.0 Å². The summed E-state index contributed by atoms with van der Waals surface area (Å²) in [5.41, 5.74) is 2.52. The van der Waals surface area contributed by atoms with Gasteiger partial charge in [-0.15, -0.1) is 17.8 Å². The van der Waals surface area contributed by atoms with Crippen molar-refractivity contribution >= 4 is 11.3 Å². The van der Waals surface area contributed by atoms with Gasteiger partial charge in [0.15, 0.2) is 0 Å². The molecule has 2 atom stereocenters. The third-order valence-corrected chi connectivity index (χ3v) is 4.62. The van der Waals surface area contributed by atoms with Crippen LogP contribution in [0.5, 0.6) is 0 Å². The van der Waals surface area contributed by atoms with Crippen LogP contribution in [0.15, 0.2) is 30.5 Å². The first kappa shape index (κ1) is 12.4. The van der Waals surface area contributed by atoms with Crippen molar-refractivity contribution in [2.75, 3.05) is 6.54 Å². The van der Waals surface area contributed by atoms with E-state index in [2.05, 4.69) is 35.3 Å². The summed E-state index contributed by atoms with van der Waals surface area (Å²) in [5.74, 6) is 3.27. The molecule has 1 aliphatic rings. The van der Waals surface area contributed by atoms with Crippen LogP contribution < -0.4 is 5.32 Å². The lowest BCUT2D eigenvalue weighted by Crippen LogP contribution is -2.17. The molecular formula is C16H16N2S. The average Bonchev–Trinajstić information content (AvgIpc) is 3.11. The molecule has 19 heavy (non-hydrogen) atoms. The Morgan fingerprint density at radius 3 is 3.16 bits per heavy atom. The molecular weight excluding hydrogens is 252 g/mol. The molecule has 3 heteroatoms. The summed E-state index contributed by atoms with van der Waals surface area (Å²) in [6, 6.07) is 8.90. The number of nitrogens with one attached hydrogen (secondary N) is 1. The van der Waals surface area contributed by atoms with E-state index >= 15 is 0 Å². The van der Waals surface area contributed by atoms with Gasteiger partial charge in [0.2, 0.25) is 0 Å². The van der Waals surface area contributed by atoms with E-state index in [1.165, 1.54) is 21.7 Å². The van der Waals surface area contributed by atoms with E-state index in [4.69, 9.17) is 6.42 Å². The van der Waals surface area contributed by atoms with Crippen LogP contribution in [0.4, 0.5) is 0 Å². The van der Waals surface area contributed by atoms with Crippen molar-refractivity contribution in [1.29, 1.82) is 0 Å². The summed E-state index contributed by atoms with van der Waals surface area (Å²) in [4.78, 5) is 7.08. The molecule has 2 unspecified atom stereocenters. The molecule has 0 aliphatic heterocycles. The molecule has 1 saturated carbocycles. The van der Waals surface area contributed by atoms with Crippen LogP contribution in [0, 0.1) is 19.3 Å². The first-order valence-electron chi connectivity index (χ1n) is 6.48. The molecule has 2 nitrogen and oxygen atoms in total. The van der Waals surface area contributed by atoms with Crippen molar-refractivity contribution in [3.05, 3.63) is 40.9 Å². The molecule has 96 valence electrons. The Bertz CT molecular complexity index is 609. The van der Waals surface area contributed by atoms with E-state index in [0.29, 0.717) is 18.5 Å². The average molecular weight is 268 g/mol. The molecule has 1 N–H and O–H groups in total. The summed E-state index contributed by atoms with van der Waals surface area (Å²) in [6.45, 7) is 2.86. The summed E-state index contributed by atoms with van der Waals surface area (Å²) in [7, 11) is 0. The predicted octanol–water partition coefficient (Wildman–Crippen LogP) is 3.20. The molecule has 0 amide bonds. The van der Waals surface area contributed by atoms with Crippen LogP contribution >= 0.6 is 11.3 Å². The second kappa shape index (κ2) is 5.16. The highest BCUT2D eigenvalue weighted by Crippen LogP contribution is 2.46. The Balaban J connectivity index is 1.79. The quantitative estimate of drug-likeness (QED) is 0.861. The Hall–Kier alpha value is -1.63. The third kappa shape index (κ3) is 2.56. The summed E-state index contributed by atoms with van der Waals surface area (Å²) in [6.07, 6.45) is 8.32. The van der Waals surface area contributed by atoms with Crippen molar-refractivity contribution in [2.45, 2.75) is 25.3 Å². The predicted molar refractivity (Wildman–Crippen MR) is 80.3 cm³/mol. The zero-order chi connectivity index (χ0) is 13.2. The van der Waals surface area contributed by atoms with Gasteiger partial charge in [0.05, 0.1) is 17.1 Å². The van der Waals surface area contributed by atoms with Gasteiger partial charge in [0.1, 0.15) is 0 Å². The highest BCUT2D eigenvalue weighted by Gasteiger charge is 2.39. The number of hydrogen-bond acceptors (Lipinski definition) is 3. The second-order valence-corrected chi connectivity index (χ2v) is 6.13. The molecule has 1 fully saturated rings. The third-order valence-electron chi connectivity index (χ3n) is 3.53. The molecule has 1 aliphatic carbocycles. The van der Waals surface area contributed by atoms with Crippen LogP contribution in [0.3, 0.4) is 0 Å². The number of pyridine rings is 1. The summed E-state index contributed by atoms with van der Waals surface area (Å²) < 4.78 is 0. The molecule has 0 bridgehead atoms. The molecule has 2 aromatic heterocycles. The molecule has 0 saturated heterocycles. The number of rotatable bonds is 4. The number of aromatic nitrogens is 1. The lowest BCUT2D eigenvalue weighted by molar-refractivity contribution is 0.742. The van der Waals surface area contributed by atoms with Crippen LogP contribution in [0.2, 0.25) is 0 Å².